The van der Waals surface area contributed by atoms with E-state index in [4.69, 9.17) is 9.57 Å². The molecular formula is C16H19NO2. The van der Waals surface area contributed by atoms with Gasteiger partial charge in [0.15, 0.2) is 6.29 Å². The number of rotatable bonds is 6. The average molecular weight is 257 g/mol. The molecule has 0 aromatic heterocycles. The molecule has 2 aromatic carbocycles. The fraction of sp³-hybridized carbons (Fsp3) is 0.250. The van der Waals surface area contributed by atoms with Crippen LogP contribution in [0.5, 0.6) is 0 Å². The summed E-state index contributed by atoms with van der Waals surface area (Å²) in [6, 6.07) is 18.7. The summed E-state index contributed by atoms with van der Waals surface area (Å²) < 4.78 is 5.53. The second-order valence-electron chi connectivity index (χ2n) is 4.26. The predicted molar refractivity (Wildman–Crippen MR) is 76.3 cm³/mol. The molecule has 0 spiro atoms. The molecular weight excluding hydrogens is 238 g/mol. The zero-order chi connectivity index (χ0) is 13.5. The van der Waals surface area contributed by atoms with Gasteiger partial charge in [-0.25, -0.2) is 5.48 Å². The molecule has 2 aromatic rings. The van der Waals surface area contributed by atoms with Crippen LogP contribution in [0.2, 0.25) is 0 Å². The Balaban J connectivity index is 1.95. The lowest BCUT2D eigenvalue weighted by Gasteiger charge is -2.12. The molecule has 100 valence electrons. The second kappa shape index (κ2) is 7.04. The van der Waals surface area contributed by atoms with E-state index in [0.29, 0.717) is 6.61 Å². The van der Waals surface area contributed by atoms with E-state index in [1.807, 2.05) is 25.1 Å². The topological polar surface area (TPSA) is 30.5 Å². The summed E-state index contributed by atoms with van der Waals surface area (Å²) in [5.74, 6) is 0. The highest BCUT2D eigenvalue weighted by Gasteiger charge is 2.02. The highest BCUT2D eigenvalue weighted by molar-refractivity contribution is 5.63. The molecule has 0 aliphatic rings. The minimum atomic E-state index is -0.265. The van der Waals surface area contributed by atoms with Gasteiger partial charge >= 0.3 is 0 Å². The highest BCUT2D eigenvalue weighted by atomic mass is 16.8. The van der Waals surface area contributed by atoms with Crippen molar-refractivity contribution in [3.63, 3.8) is 0 Å². The summed E-state index contributed by atoms with van der Waals surface area (Å²) in [6.07, 6.45) is -0.265. The van der Waals surface area contributed by atoms with Crippen molar-refractivity contribution in [1.29, 1.82) is 0 Å². The zero-order valence-electron chi connectivity index (χ0n) is 11.3. The van der Waals surface area contributed by atoms with Gasteiger partial charge in [-0.05, 0) is 23.6 Å². The second-order valence-corrected chi connectivity index (χ2v) is 4.26. The lowest BCUT2D eigenvalue weighted by Crippen LogP contribution is -2.20. The molecule has 0 radical (unpaired) electrons. The fourth-order valence-electron chi connectivity index (χ4n) is 1.84. The Labute approximate surface area is 114 Å². The number of ether oxygens (including phenoxy) is 1. The maximum Gasteiger partial charge on any atom is 0.174 e. The minimum Gasteiger partial charge on any atom is -0.346 e. The van der Waals surface area contributed by atoms with E-state index in [1.165, 1.54) is 11.1 Å². The van der Waals surface area contributed by atoms with E-state index in [0.717, 1.165) is 5.56 Å². The molecule has 0 bridgehead atoms. The van der Waals surface area contributed by atoms with Crippen molar-refractivity contribution in [3.05, 3.63) is 60.2 Å². The number of nitrogens with one attached hydrogen (secondary N) is 1. The number of hydrogen-bond acceptors (Lipinski definition) is 3. The van der Waals surface area contributed by atoms with Crippen LogP contribution in [-0.2, 0) is 16.2 Å². The summed E-state index contributed by atoms with van der Waals surface area (Å²) in [5.41, 5.74) is 6.18. The molecule has 0 aliphatic heterocycles. The van der Waals surface area contributed by atoms with Crippen LogP contribution in [0.15, 0.2) is 54.6 Å². The van der Waals surface area contributed by atoms with Gasteiger partial charge in [-0.3, -0.25) is 4.84 Å². The molecule has 2 rings (SSSR count). The highest BCUT2D eigenvalue weighted by Crippen LogP contribution is 2.19. The first-order valence-corrected chi connectivity index (χ1v) is 6.38. The Hall–Kier alpha value is -1.68. The minimum absolute atomic E-state index is 0.265. The van der Waals surface area contributed by atoms with E-state index < -0.39 is 0 Å². The third-order valence-electron chi connectivity index (χ3n) is 2.83. The van der Waals surface area contributed by atoms with Crippen molar-refractivity contribution in [2.45, 2.75) is 19.8 Å². The summed E-state index contributed by atoms with van der Waals surface area (Å²) in [7, 11) is 1.72. The molecule has 1 atom stereocenters. The lowest BCUT2D eigenvalue weighted by molar-refractivity contribution is -0.169. The van der Waals surface area contributed by atoms with Crippen LogP contribution in [0.4, 0.5) is 0 Å². The van der Waals surface area contributed by atoms with Crippen LogP contribution in [0.3, 0.4) is 0 Å². The first-order chi connectivity index (χ1) is 9.29. The fourth-order valence-corrected chi connectivity index (χ4v) is 1.84. The van der Waals surface area contributed by atoms with Crippen molar-refractivity contribution in [2.75, 3.05) is 7.05 Å². The van der Waals surface area contributed by atoms with Crippen LogP contribution in [0.25, 0.3) is 11.1 Å². The Morgan fingerprint density at radius 3 is 2.21 bits per heavy atom. The number of hydrogen-bond donors (Lipinski definition) is 1. The summed E-state index contributed by atoms with van der Waals surface area (Å²) in [5, 5.41) is 0. The van der Waals surface area contributed by atoms with Crippen LogP contribution in [0, 0.1) is 0 Å². The van der Waals surface area contributed by atoms with Crippen LogP contribution in [-0.4, -0.2) is 13.3 Å². The van der Waals surface area contributed by atoms with E-state index >= 15 is 0 Å². The van der Waals surface area contributed by atoms with Gasteiger partial charge in [-0.15, -0.1) is 0 Å². The molecule has 0 amide bonds. The Morgan fingerprint density at radius 1 is 0.947 bits per heavy atom. The van der Waals surface area contributed by atoms with Crippen molar-refractivity contribution < 1.29 is 9.57 Å². The molecule has 0 fully saturated rings. The van der Waals surface area contributed by atoms with Crippen LogP contribution >= 0.6 is 0 Å². The average Bonchev–Trinajstić information content (AvgIpc) is 2.47. The van der Waals surface area contributed by atoms with Gasteiger partial charge < -0.3 is 4.74 Å². The normalized spacial score (nSPS) is 12.3. The zero-order valence-corrected chi connectivity index (χ0v) is 11.3. The molecule has 1 unspecified atom stereocenters. The van der Waals surface area contributed by atoms with Crippen molar-refractivity contribution in [2.24, 2.45) is 0 Å². The van der Waals surface area contributed by atoms with E-state index in [2.05, 4.69) is 41.9 Å². The van der Waals surface area contributed by atoms with Gasteiger partial charge in [0.25, 0.3) is 0 Å². The monoisotopic (exact) mass is 257 g/mol. The summed E-state index contributed by atoms with van der Waals surface area (Å²) >= 11 is 0. The molecule has 0 saturated carbocycles. The summed E-state index contributed by atoms with van der Waals surface area (Å²) in [6.45, 7) is 2.40. The van der Waals surface area contributed by atoms with Crippen molar-refractivity contribution in [1.82, 2.24) is 5.48 Å². The third-order valence-corrected chi connectivity index (χ3v) is 2.83. The SMILES string of the molecule is CNOC(C)OCc1ccc(-c2ccccc2)cc1. The van der Waals surface area contributed by atoms with Gasteiger partial charge in [0.2, 0.25) is 0 Å². The van der Waals surface area contributed by atoms with Crippen LogP contribution in [0.1, 0.15) is 12.5 Å². The number of hydroxylamine groups is 1. The molecule has 0 aliphatic carbocycles. The maximum absolute atomic E-state index is 5.53. The van der Waals surface area contributed by atoms with Gasteiger partial charge in [0.1, 0.15) is 0 Å². The molecule has 1 N–H and O–H groups in total. The van der Waals surface area contributed by atoms with Crippen molar-refractivity contribution >= 4 is 0 Å². The van der Waals surface area contributed by atoms with E-state index in [1.54, 1.807) is 7.05 Å². The lowest BCUT2D eigenvalue weighted by atomic mass is 10.0. The Kier molecular flexibility index (Phi) is 5.10. The van der Waals surface area contributed by atoms with Gasteiger partial charge in [-0.2, -0.15) is 0 Å². The predicted octanol–water partition coefficient (Wildman–Crippen LogP) is 3.37. The summed E-state index contributed by atoms with van der Waals surface area (Å²) in [4.78, 5) is 5.08. The molecule has 19 heavy (non-hydrogen) atoms. The molecule has 0 saturated heterocycles. The Bertz CT molecular complexity index is 482. The van der Waals surface area contributed by atoms with E-state index in [9.17, 15) is 0 Å². The van der Waals surface area contributed by atoms with Gasteiger partial charge in [0, 0.05) is 7.05 Å². The quantitative estimate of drug-likeness (QED) is 0.635. The number of benzene rings is 2. The smallest absolute Gasteiger partial charge is 0.174 e. The third kappa shape index (κ3) is 4.17. The van der Waals surface area contributed by atoms with Gasteiger partial charge in [0.05, 0.1) is 6.61 Å². The Morgan fingerprint density at radius 2 is 1.58 bits per heavy atom. The van der Waals surface area contributed by atoms with Gasteiger partial charge in [-0.1, -0.05) is 54.6 Å². The standard InChI is InChI=1S/C16H19NO2/c1-13(19-17-2)18-12-14-8-10-16(11-9-14)15-6-4-3-5-7-15/h3-11,13,17H,12H2,1-2H3. The van der Waals surface area contributed by atoms with Crippen LogP contribution < -0.4 is 5.48 Å². The van der Waals surface area contributed by atoms with E-state index in [-0.39, 0.29) is 6.29 Å². The van der Waals surface area contributed by atoms with Crippen molar-refractivity contribution in [3.8, 4) is 11.1 Å². The molecule has 3 heteroatoms. The largest absolute Gasteiger partial charge is 0.346 e. The first kappa shape index (κ1) is 13.7. The first-order valence-electron chi connectivity index (χ1n) is 6.38. The maximum atomic E-state index is 5.53. The molecule has 3 nitrogen and oxygen atoms in total. The molecule has 0 heterocycles.